The van der Waals surface area contributed by atoms with Gasteiger partial charge in [0.05, 0.1) is 37.9 Å². The van der Waals surface area contributed by atoms with Crippen LogP contribution in [0.25, 0.3) is 33.1 Å². The van der Waals surface area contributed by atoms with Gasteiger partial charge in [-0.2, -0.15) is 0 Å². The van der Waals surface area contributed by atoms with Crippen LogP contribution in [-0.4, -0.2) is 24.7 Å². The normalized spacial score (nSPS) is 11.0. The summed E-state index contributed by atoms with van der Waals surface area (Å²) in [6.45, 7) is 0. The van der Waals surface area contributed by atoms with Crippen LogP contribution in [0.15, 0.2) is 83.1 Å². The highest BCUT2D eigenvalue weighted by Crippen LogP contribution is 2.28. The van der Waals surface area contributed by atoms with Crippen molar-refractivity contribution in [3.63, 3.8) is 0 Å². The number of hydrogen-bond donors (Lipinski definition) is 2. The minimum Gasteiger partial charge on any atom is -1.00 e. The smallest absolute Gasteiger partial charge is 0.286 e. The van der Waals surface area contributed by atoms with Gasteiger partial charge in [0.1, 0.15) is 5.52 Å². The Morgan fingerprint density at radius 2 is 1.31 bits per heavy atom. The SMILES string of the molecule is O=[n+]1c(CSc2nc3ccccc3[nH]2)c(CSc2nc3ccccc3[nH]2)n([O-])c2ccccc21.[Br-].[Br-]. The van der Waals surface area contributed by atoms with E-state index < -0.39 is 0 Å². The highest BCUT2D eigenvalue weighted by atomic mass is 79.9. The zero-order valence-corrected chi connectivity index (χ0v) is 23.3. The van der Waals surface area contributed by atoms with Crippen LogP contribution in [-0.2, 0) is 11.5 Å². The number of nitrogens with one attached hydrogen (secondary N) is 2. The molecule has 0 saturated carbocycles. The second kappa shape index (κ2) is 11.1. The molecule has 0 unspecified atom stereocenters. The molecule has 0 atom stereocenters. The van der Waals surface area contributed by atoms with Gasteiger partial charge >= 0.3 is 0 Å². The lowest BCUT2D eigenvalue weighted by Crippen LogP contribution is -3.00. The molecule has 2 N–H and O–H groups in total. The maximum Gasteiger partial charge on any atom is 0.286 e. The van der Waals surface area contributed by atoms with Gasteiger partial charge in [0.25, 0.3) is 11.2 Å². The van der Waals surface area contributed by atoms with E-state index in [1.165, 1.54) is 23.5 Å². The fourth-order valence-corrected chi connectivity index (χ4v) is 5.69. The Morgan fingerprint density at radius 3 is 1.92 bits per heavy atom. The Labute approximate surface area is 234 Å². The summed E-state index contributed by atoms with van der Waals surface area (Å²) in [4.78, 5) is 29.0. The summed E-state index contributed by atoms with van der Waals surface area (Å²) in [5.41, 5.74) is 5.07. The number of rotatable bonds is 6. The maximum absolute atomic E-state index is 13.3. The maximum atomic E-state index is 13.3. The molecule has 0 radical (unpaired) electrons. The minimum absolute atomic E-state index is 0. The first-order valence-electron chi connectivity index (χ1n) is 10.6. The van der Waals surface area contributed by atoms with Crippen LogP contribution in [0.3, 0.4) is 0 Å². The third kappa shape index (κ3) is 4.90. The van der Waals surface area contributed by atoms with Crippen LogP contribution < -0.4 is 38.4 Å². The van der Waals surface area contributed by atoms with Crippen LogP contribution in [0.2, 0.25) is 0 Å². The molecular weight excluding hydrogens is 628 g/mol. The fourth-order valence-electron chi connectivity index (χ4n) is 3.89. The van der Waals surface area contributed by atoms with Gasteiger partial charge in [-0.05, 0) is 30.3 Å². The lowest BCUT2D eigenvalue weighted by molar-refractivity contribution is -0.474. The molecule has 6 aromatic rings. The number of fused-ring (bicyclic) bond motifs is 3. The number of hydrogen-bond acceptors (Lipinski definition) is 6. The Morgan fingerprint density at radius 1 is 0.778 bits per heavy atom. The van der Waals surface area contributed by atoms with E-state index in [1.54, 1.807) is 24.3 Å². The van der Waals surface area contributed by atoms with Gasteiger partial charge in [0.2, 0.25) is 0 Å². The number of para-hydroxylation sites is 6. The van der Waals surface area contributed by atoms with E-state index in [2.05, 4.69) is 19.9 Å². The molecular formula is C24H18Br2N6O2S2-2. The zero-order valence-electron chi connectivity index (χ0n) is 18.5. The quantitative estimate of drug-likeness (QED) is 0.182. The van der Waals surface area contributed by atoms with E-state index >= 15 is 0 Å². The molecule has 0 saturated heterocycles. The van der Waals surface area contributed by atoms with Crippen molar-refractivity contribution in [2.45, 2.75) is 21.8 Å². The summed E-state index contributed by atoms with van der Waals surface area (Å²) in [6, 6.07) is 22.4. The van der Waals surface area contributed by atoms with Gasteiger partial charge in [-0.25, -0.2) is 9.97 Å². The predicted octanol–water partition coefficient (Wildman–Crippen LogP) is -0.753. The molecule has 8 nitrogen and oxygen atoms in total. The molecule has 36 heavy (non-hydrogen) atoms. The first-order valence-corrected chi connectivity index (χ1v) is 12.5. The van der Waals surface area contributed by atoms with Crippen LogP contribution in [0.1, 0.15) is 11.4 Å². The molecule has 12 heteroatoms. The van der Waals surface area contributed by atoms with Crippen LogP contribution in [0, 0.1) is 10.1 Å². The van der Waals surface area contributed by atoms with Crippen molar-refractivity contribution in [2.24, 2.45) is 0 Å². The second-order valence-electron chi connectivity index (χ2n) is 7.67. The predicted molar refractivity (Wildman–Crippen MR) is 135 cm³/mol. The van der Waals surface area contributed by atoms with Crippen molar-refractivity contribution in [1.29, 1.82) is 0 Å². The topological polar surface area (TPSA) is 108 Å². The Kier molecular flexibility index (Phi) is 8.08. The van der Waals surface area contributed by atoms with Crippen molar-refractivity contribution in [3.05, 3.63) is 94.3 Å². The van der Waals surface area contributed by atoms with E-state index in [0.29, 0.717) is 44.2 Å². The number of aromatic nitrogens is 6. The van der Waals surface area contributed by atoms with Gasteiger partial charge in [-0.3, -0.25) is 0 Å². The molecule has 0 aliphatic heterocycles. The summed E-state index contributed by atoms with van der Waals surface area (Å²) < 4.78 is 1.74. The standard InChI is InChI=1S/C24H18N6O2S2.2BrH/c31-29-19-11-5-6-12-20(19)30(32)22(14-34-24-27-17-9-3-4-10-18(17)28-24)21(29)13-33-23-25-15-7-1-2-8-16(15)26-23;;/h1-12H,13-14H2,(H,25,26)(H,27,28);2*1H/p-2. The van der Waals surface area contributed by atoms with Crippen LogP contribution in [0.5, 0.6) is 0 Å². The first kappa shape index (κ1) is 26.3. The molecule has 3 aromatic carbocycles. The Hall–Kier alpha value is -2.80. The molecule has 0 fully saturated rings. The Bertz CT molecular complexity index is 1670. The van der Waals surface area contributed by atoms with Crippen molar-refractivity contribution < 1.29 is 38.4 Å². The summed E-state index contributed by atoms with van der Waals surface area (Å²) in [5, 5.41) is 14.7. The molecule has 3 aromatic heterocycles. The average Bonchev–Trinajstić information content (AvgIpc) is 3.48. The van der Waals surface area contributed by atoms with Gasteiger partial charge < -0.3 is 53.9 Å². The Balaban J connectivity index is 0.00000152. The van der Waals surface area contributed by atoms with E-state index in [0.717, 1.165) is 31.2 Å². The van der Waals surface area contributed by atoms with Crippen molar-refractivity contribution >= 4 is 56.6 Å². The molecule has 0 bridgehead atoms. The number of halogens is 2. The van der Waals surface area contributed by atoms with Crippen LogP contribution in [0.4, 0.5) is 0 Å². The number of nitrogens with zero attached hydrogens (tertiary/aromatic N) is 4. The molecule has 0 aliphatic carbocycles. The number of benzene rings is 3. The highest BCUT2D eigenvalue weighted by molar-refractivity contribution is 7.98. The molecule has 3 heterocycles. The molecule has 0 amide bonds. The first-order chi connectivity index (χ1) is 16.7. The molecule has 6 rings (SSSR count). The number of thioether (sulfide) groups is 2. The molecule has 0 spiro atoms. The summed E-state index contributed by atoms with van der Waals surface area (Å²) in [5.74, 6) is 0.596. The third-order valence-corrected chi connectivity index (χ3v) is 7.34. The largest absolute Gasteiger partial charge is 1.00 e. The highest BCUT2D eigenvalue weighted by Gasteiger charge is 2.23. The van der Waals surface area contributed by atoms with E-state index in [4.69, 9.17) is 0 Å². The second-order valence-corrected chi connectivity index (χ2v) is 9.59. The number of H-pyrrole nitrogens is 2. The van der Waals surface area contributed by atoms with E-state index in [1.807, 2.05) is 48.5 Å². The van der Waals surface area contributed by atoms with Crippen molar-refractivity contribution in [1.82, 2.24) is 24.7 Å². The van der Waals surface area contributed by atoms with Gasteiger partial charge in [0.15, 0.2) is 10.3 Å². The van der Waals surface area contributed by atoms with Gasteiger partial charge in [-0.15, -0.1) is 0 Å². The average molecular weight is 646 g/mol. The molecule has 0 aliphatic rings. The van der Waals surface area contributed by atoms with Gasteiger partial charge in [-0.1, -0.05) is 59.9 Å². The van der Waals surface area contributed by atoms with Gasteiger partial charge in [0, 0.05) is 16.7 Å². The summed E-state index contributed by atoms with van der Waals surface area (Å²) in [7, 11) is 0. The van der Waals surface area contributed by atoms with Crippen molar-refractivity contribution in [2.75, 3.05) is 0 Å². The van der Waals surface area contributed by atoms with E-state index in [-0.39, 0.29) is 34.0 Å². The van der Waals surface area contributed by atoms with Crippen LogP contribution >= 0.6 is 23.5 Å². The zero-order chi connectivity index (χ0) is 23.1. The fraction of sp³-hybridized carbons (Fsp3) is 0.0833. The lowest BCUT2D eigenvalue weighted by atomic mass is 10.2. The molecule has 184 valence electrons. The third-order valence-electron chi connectivity index (χ3n) is 5.57. The monoisotopic (exact) mass is 644 g/mol. The van der Waals surface area contributed by atoms with E-state index in [9.17, 15) is 10.1 Å². The van der Waals surface area contributed by atoms with Crippen molar-refractivity contribution in [3.8, 4) is 0 Å². The number of aromatic amines is 2. The number of imidazole rings is 2. The summed E-state index contributed by atoms with van der Waals surface area (Å²) in [6.07, 6.45) is 0. The lowest BCUT2D eigenvalue weighted by Gasteiger charge is -2.18. The summed E-state index contributed by atoms with van der Waals surface area (Å²) >= 11 is 2.80. The minimum atomic E-state index is 0.